The lowest BCUT2D eigenvalue weighted by Gasteiger charge is -2.25. The number of ether oxygens (including phenoxy) is 3. The number of hydrogen-bond donors (Lipinski definition) is 1. The lowest BCUT2D eigenvalue weighted by molar-refractivity contribution is -0.156. The van der Waals surface area contributed by atoms with E-state index >= 15 is 0 Å². The van der Waals surface area contributed by atoms with Crippen molar-refractivity contribution in [2.75, 3.05) is 25.1 Å². The number of amides is 1. The van der Waals surface area contributed by atoms with Gasteiger partial charge in [0, 0.05) is 12.6 Å². The van der Waals surface area contributed by atoms with Gasteiger partial charge in [0.05, 0.1) is 16.1 Å². The Morgan fingerprint density at radius 1 is 1.18 bits per heavy atom. The van der Waals surface area contributed by atoms with Crippen LogP contribution in [-0.2, 0) is 24.3 Å². The summed E-state index contributed by atoms with van der Waals surface area (Å²) < 4.78 is 43.9. The molecule has 2 heterocycles. The summed E-state index contributed by atoms with van der Waals surface area (Å²) in [6.07, 6.45) is -0.452. The molecule has 0 aromatic heterocycles. The lowest BCUT2D eigenvalue weighted by atomic mass is 10.2. The number of sulfonamides is 1. The first-order valence-electron chi connectivity index (χ1n) is 10.7. The molecule has 0 radical (unpaired) electrons. The van der Waals surface area contributed by atoms with E-state index in [9.17, 15) is 18.0 Å². The zero-order valence-electron chi connectivity index (χ0n) is 18.4. The molecule has 0 bridgehead atoms. The minimum atomic E-state index is -4.02. The van der Waals surface area contributed by atoms with E-state index < -0.39 is 34.0 Å². The molecule has 178 valence electrons. The smallest absolute Gasteiger partial charge is 0.325 e. The highest BCUT2D eigenvalue weighted by atomic mass is 32.2. The van der Waals surface area contributed by atoms with E-state index in [-0.39, 0.29) is 23.4 Å². The number of para-hydroxylation sites is 1. The minimum Gasteiger partial charge on any atom is -0.486 e. The summed E-state index contributed by atoms with van der Waals surface area (Å²) in [4.78, 5) is 25.3. The van der Waals surface area contributed by atoms with Crippen molar-refractivity contribution < 1.29 is 32.2 Å². The molecule has 0 aliphatic carbocycles. The second kappa shape index (κ2) is 9.70. The fourth-order valence-corrected chi connectivity index (χ4v) is 5.48. The third-order valence-electron chi connectivity index (χ3n) is 5.56. The van der Waals surface area contributed by atoms with E-state index in [0.29, 0.717) is 36.8 Å². The van der Waals surface area contributed by atoms with Gasteiger partial charge in [0.25, 0.3) is 5.91 Å². The molecule has 1 N–H and O–H groups in total. The highest BCUT2D eigenvalue weighted by molar-refractivity contribution is 7.89. The Morgan fingerprint density at radius 2 is 1.91 bits per heavy atom. The van der Waals surface area contributed by atoms with Crippen LogP contribution in [0.5, 0.6) is 11.5 Å². The van der Waals surface area contributed by atoms with Crippen molar-refractivity contribution in [3.05, 3.63) is 48.0 Å². The maximum atomic E-state index is 13.3. The highest BCUT2D eigenvalue weighted by Crippen LogP contribution is 2.35. The number of anilines is 1. The first-order valence-corrected chi connectivity index (χ1v) is 12.2. The maximum absolute atomic E-state index is 13.3. The van der Waals surface area contributed by atoms with Crippen molar-refractivity contribution in [3.63, 3.8) is 0 Å². The quantitative estimate of drug-likeness (QED) is 0.614. The molecular formula is C23H23N3O7S. The van der Waals surface area contributed by atoms with Gasteiger partial charge in [-0.2, -0.15) is 9.57 Å². The van der Waals surface area contributed by atoms with Crippen LogP contribution < -0.4 is 14.8 Å². The normalized spacial score (nSPS) is 18.5. The van der Waals surface area contributed by atoms with Crippen molar-refractivity contribution in [2.24, 2.45) is 0 Å². The predicted molar refractivity (Wildman–Crippen MR) is 120 cm³/mol. The monoisotopic (exact) mass is 485 g/mol. The molecule has 2 aromatic rings. The van der Waals surface area contributed by atoms with Crippen molar-refractivity contribution in [1.29, 1.82) is 5.26 Å². The number of esters is 1. The van der Waals surface area contributed by atoms with Gasteiger partial charge < -0.3 is 19.5 Å². The van der Waals surface area contributed by atoms with Crippen LogP contribution in [0.15, 0.2) is 47.4 Å². The standard InChI is InChI=1S/C23H23N3O7S/c1-15(22(27)25-18-6-3-2-5-16(18)14-24)33-23(28)19-7-4-10-26(19)34(29,30)17-8-9-20-21(13-17)32-12-11-31-20/h2-3,5-6,8-9,13,15,19H,4,7,10-12H2,1H3,(H,25,27). The molecule has 2 aliphatic rings. The number of hydrogen-bond acceptors (Lipinski definition) is 8. The Kier molecular flexibility index (Phi) is 6.72. The zero-order chi connectivity index (χ0) is 24.3. The largest absolute Gasteiger partial charge is 0.486 e. The molecule has 2 unspecified atom stereocenters. The summed E-state index contributed by atoms with van der Waals surface area (Å²) in [5.41, 5.74) is 0.559. The van der Waals surface area contributed by atoms with Crippen LogP contribution >= 0.6 is 0 Å². The molecule has 4 rings (SSSR count). The van der Waals surface area contributed by atoms with Crippen molar-refractivity contribution in [1.82, 2.24) is 4.31 Å². The third kappa shape index (κ3) is 4.69. The van der Waals surface area contributed by atoms with Crippen LogP contribution in [0, 0.1) is 11.3 Å². The summed E-state index contributed by atoms with van der Waals surface area (Å²) >= 11 is 0. The van der Waals surface area contributed by atoms with E-state index in [0.717, 1.165) is 4.31 Å². The molecule has 0 spiro atoms. The predicted octanol–water partition coefficient (Wildman–Crippen LogP) is 2.05. The second-order valence-electron chi connectivity index (χ2n) is 7.81. The van der Waals surface area contributed by atoms with Gasteiger partial charge in [0.15, 0.2) is 17.6 Å². The van der Waals surface area contributed by atoms with E-state index in [1.807, 2.05) is 6.07 Å². The molecule has 1 fully saturated rings. The number of rotatable bonds is 6. The Balaban J connectivity index is 1.45. The Bertz CT molecular complexity index is 1260. The number of nitrogens with one attached hydrogen (secondary N) is 1. The lowest BCUT2D eigenvalue weighted by Crippen LogP contribution is -2.43. The van der Waals surface area contributed by atoms with Crippen LogP contribution in [0.4, 0.5) is 5.69 Å². The van der Waals surface area contributed by atoms with Gasteiger partial charge in [-0.3, -0.25) is 9.59 Å². The van der Waals surface area contributed by atoms with E-state index in [2.05, 4.69) is 5.32 Å². The third-order valence-corrected chi connectivity index (χ3v) is 7.47. The van der Waals surface area contributed by atoms with Gasteiger partial charge in [0.2, 0.25) is 10.0 Å². The SMILES string of the molecule is CC(OC(=O)C1CCCN1S(=O)(=O)c1ccc2c(c1)OCCO2)C(=O)Nc1ccccc1C#N. The molecule has 34 heavy (non-hydrogen) atoms. The Morgan fingerprint density at radius 3 is 2.68 bits per heavy atom. The van der Waals surface area contributed by atoms with Crippen LogP contribution in [0.3, 0.4) is 0 Å². The zero-order valence-corrected chi connectivity index (χ0v) is 19.2. The highest BCUT2D eigenvalue weighted by Gasteiger charge is 2.41. The van der Waals surface area contributed by atoms with Crippen LogP contribution in [0.1, 0.15) is 25.3 Å². The molecule has 2 aromatic carbocycles. The fourth-order valence-electron chi connectivity index (χ4n) is 3.81. The van der Waals surface area contributed by atoms with Gasteiger partial charge in [0.1, 0.15) is 25.3 Å². The molecular weight excluding hydrogens is 462 g/mol. The first kappa shape index (κ1) is 23.5. The molecule has 2 atom stereocenters. The summed E-state index contributed by atoms with van der Waals surface area (Å²) in [6.45, 7) is 2.23. The second-order valence-corrected chi connectivity index (χ2v) is 9.70. The summed E-state index contributed by atoms with van der Waals surface area (Å²) in [5, 5.41) is 11.7. The number of benzene rings is 2. The summed E-state index contributed by atoms with van der Waals surface area (Å²) in [6, 6.07) is 11.7. The molecule has 2 aliphatic heterocycles. The number of fused-ring (bicyclic) bond motifs is 1. The molecule has 10 nitrogen and oxygen atoms in total. The van der Waals surface area contributed by atoms with Crippen molar-refractivity contribution in [3.8, 4) is 17.6 Å². The molecule has 1 amide bonds. The average Bonchev–Trinajstić information content (AvgIpc) is 3.35. The number of carbonyl (C=O) groups is 2. The van der Waals surface area contributed by atoms with Crippen molar-refractivity contribution in [2.45, 2.75) is 36.8 Å². The minimum absolute atomic E-state index is 0.0182. The fraction of sp³-hybridized carbons (Fsp3) is 0.348. The molecule has 0 saturated carbocycles. The van der Waals surface area contributed by atoms with E-state index in [1.165, 1.54) is 25.1 Å². The summed E-state index contributed by atoms with van der Waals surface area (Å²) in [5.74, 6) is -0.654. The van der Waals surface area contributed by atoms with Crippen LogP contribution in [-0.4, -0.2) is 56.5 Å². The van der Waals surface area contributed by atoms with Crippen LogP contribution in [0.25, 0.3) is 0 Å². The molecule has 11 heteroatoms. The number of nitrogens with zero attached hydrogens (tertiary/aromatic N) is 2. The number of nitriles is 1. The maximum Gasteiger partial charge on any atom is 0.325 e. The van der Waals surface area contributed by atoms with Gasteiger partial charge in [-0.15, -0.1) is 0 Å². The van der Waals surface area contributed by atoms with E-state index in [4.69, 9.17) is 19.5 Å². The Labute approximate surface area is 197 Å². The number of carbonyl (C=O) groups excluding carboxylic acids is 2. The Hall–Kier alpha value is -3.62. The topological polar surface area (TPSA) is 135 Å². The van der Waals surface area contributed by atoms with Gasteiger partial charge in [-0.1, -0.05) is 12.1 Å². The summed E-state index contributed by atoms with van der Waals surface area (Å²) in [7, 11) is -4.02. The first-order chi connectivity index (χ1) is 16.3. The average molecular weight is 486 g/mol. The van der Waals surface area contributed by atoms with Crippen molar-refractivity contribution >= 4 is 27.6 Å². The van der Waals surface area contributed by atoms with Gasteiger partial charge in [-0.25, -0.2) is 8.42 Å². The van der Waals surface area contributed by atoms with Gasteiger partial charge in [-0.05, 0) is 44.0 Å². The molecule has 1 saturated heterocycles. The van der Waals surface area contributed by atoms with Gasteiger partial charge >= 0.3 is 5.97 Å². The van der Waals surface area contributed by atoms with E-state index in [1.54, 1.807) is 24.3 Å². The van der Waals surface area contributed by atoms with Crippen LogP contribution in [0.2, 0.25) is 0 Å².